The summed E-state index contributed by atoms with van der Waals surface area (Å²) in [4.78, 5) is 11.9. The van der Waals surface area contributed by atoms with Crippen molar-refractivity contribution in [1.29, 1.82) is 0 Å². The molecule has 0 heterocycles. The van der Waals surface area contributed by atoms with Gasteiger partial charge in [-0.3, -0.25) is 4.79 Å². The third kappa shape index (κ3) is 6.46. The Morgan fingerprint density at radius 2 is 2.24 bits per heavy atom. The Hall–Kier alpha value is -1.11. The molecule has 1 aromatic rings. The number of carbonyl (C=O) groups excluding carboxylic acids is 1. The first-order chi connectivity index (χ1) is 10.1. The summed E-state index contributed by atoms with van der Waals surface area (Å²) in [7, 11) is 1.64. The minimum Gasteiger partial charge on any atom is -0.481 e. The minimum atomic E-state index is -0.542. The van der Waals surface area contributed by atoms with Crippen LogP contribution in [0, 0.1) is 0 Å². The monoisotopic (exact) mass is 358 g/mol. The van der Waals surface area contributed by atoms with E-state index in [4.69, 9.17) is 15.2 Å². The zero-order valence-corrected chi connectivity index (χ0v) is 14.1. The van der Waals surface area contributed by atoms with E-state index >= 15 is 0 Å². The lowest BCUT2D eigenvalue weighted by atomic mass is 10.1. The van der Waals surface area contributed by atoms with Gasteiger partial charge >= 0.3 is 0 Å². The number of carbonyl (C=O) groups is 1. The third-order valence-corrected chi connectivity index (χ3v) is 3.71. The van der Waals surface area contributed by atoms with Crippen molar-refractivity contribution in [1.82, 2.24) is 5.32 Å². The van der Waals surface area contributed by atoms with Gasteiger partial charge in [-0.2, -0.15) is 0 Å². The first kappa shape index (κ1) is 17.9. The lowest BCUT2D eigenvalue weighted by Gasteiger charge is -2.16. The van der Waals surface area contributed by atoms with Gasteiger partial charge in [0.15, 0.2) is 6.10 Å². The van der Waals surface area contributed by atoms with E-state index in [-0.39, 0.29) is 5.91 Å². The first-order valence-electron chi connectivity index (χ1n) is 7.00. The van der Waals surface area contributed by atoms with E-state index in [9.17, 15) is 4.79 Å². The molecular formula is C15H23BrN2O3. The Morgan fingerprint density at radius 1 is 1.48 bits per heavy atom. The standard InChI is InChI=1S/C15H23BrN2O3/c1-11(15(19)18-8-3-9-20-2)21-13-4-5-14(16)12(10-13)6-7-17/h4-5,10-11H,3,6-9,17H2,1-2H3,(H,18,19). The molecule has 1 rings (SSSR count). The molecule has 0 aromatic heterocycles. The van der Waals surface area contributed by atoms with Crippen molar-refractivity contribution in [2.24, 2.45) is 5.73 Å². The molecule has 1 aromatic carbocycles. The van der Waals surface area contributed by atoms with Crippen LogP contribution in [0.1, 0.15) is 18.9 Å². The van der Waals surface area contributed by atoms with Crippen molar-refractivity contribution in [3.8, 4) is 5.75 Å². The van der Waals surface area contributed by atoms with Crippen LogP contribution in [0.4, 0.5) is 0 Å². The minimum absolute atomic E-state index is 0.130. The van der Waals surface area contributed by atoms with Crippen LogP contribution in [-0.4, -0.2) is 38.8 Å². The van der Waals surface area contributed by atoms with Crippen molar-refractivity contribution in [3.05, 3.63) is 28.2 Å². The van der Waals surface area contributed by atoms with Gasteiger partial charge in [0, 0.05) is 24.7 Å². The molecule has 0 aliphatic carbocycles. The predicted molar refractivity (Wildman–Crippen MR) is 86.5 cm³/mol. The molecule has 0 saturated heterocycles. The summed E-state index contributed by atoms with van der Waals surface area (Å²) in [6.07, 6.45) is 1.00. The highest BCUT2D eigenvalue weighted by Gasteiger charge is 2.14. The number of amides is 1. The maximum atomic E-state index is 11.9. The van der Waals surface area contributed by atoms with Crippen LogP contribution in [0.5, 0.6) is 5.75 Å². The maximum absolute atomic E-state index is 11.9. The number of halogens is 1. The van der Waals surface area contributed by atoms with Crippen molar-refractivity contribution in [2.75, 3.05) is 26.8 Å². The summed E-state index contributed by atoms with van der Waals surface area (Å²) >= 11 is 3.47. The number of hydrogen-bond donors (Lipinski definition) is 2. The molecule has 118 valence electrons. The van der Waals surface area contributed by atoms with Gasteiger partial charge in [0.25, 0.3) is 5.91 Å². The van der Waals surface area contributed by atoms with Crippen LogP contribution >= 0.6 is 15.9 Å². The van der Waals surface area contributed by atoms with Crippen molar-refractivity contribution in [3.63, 3.8) is 0 Å². The summed E-state index contributed by atoms with van der Waals surface area (Å²) in [5.74, 6) is 0.538. The predicted octanol–water partition coefficient (Wildman–Crippen LogP) is 1.87. The number of nitrogens with two attached hydrogens (primary N) is 1. The lowest BCUT2D eigenvalue weighted by Crippen LogP contribution is -2.37. The van der Waals surface area contributed by atoms with Gasteiger partial charge in [0.2, 0.25) is 0 Å². The second-order valence-electron chi connectivity index (χ2n) is 4.69. The molecule has 6 heteroatoms. The van der Waals surface area contributed by atoms with Crippen LogP contribution in [0.25, 0.3) is 0 Å². The van der Waals surface area contributed by atoms with E-state index < -0.39 is 6.10 Å². The fourth-order valence-electron chi connectivity index (χ4n) is 1.80. The van der Waals surface area contributed by atoms with Gasteiger partial charge in [0.1, 0.15) is 5.75 Å². The Labute approximate surface area is 134 Å². The quantitative estimate of drug-likeness (QED) is 0.661. The average molecular weight is 359 g/mol. The molecule has 0 spiro atoms. The molecule has 0 aliphatic rings. The van der Waals surface area contributed by atoms with Gasteiger partial charge in [-0.1, -0.05) is 15.9 Å². The second kappa shape index (κ2) is 9.76. The van der Waals surface area contributed by atoms with Crippen molar-refractivity contribution < 1.29 is 14.3 Å². The molecule has 5 nitrogen and oxygen atoms in total. The molecule has 1 amide bonds. The van der Waals surface area contributed by atoms with Crippen LogP contribution in [0.2, 0.25) is 0 Å². The molecule has 0 saturated carbocycles. The maximum Gasteiger partial charge on any atom is 0.260 e. The summed E-state index contributed by atoms with van der Waals surface area (Å²) in [6, 6.07) is 5.65. The number of benzene rings is 1. The molecule has 0 aliphatic heterocycles. The number of methoxy groups -OCH3 is 1. The number of ether oxygens (including phenoxy) is 2. The molecular weight excluding hydrogens is 336 g/mol. The van der Waals surface area contributed by atoms with Gasteiger partial charge in [-0.15, -0.1) is 0 Å². The molecule has 1 atom stereocenters. The molecule has 0 radical (unpaired) electrons. The van der Waals surface area contributed by atoms with E-state index in [2.05, 4.69) is 21.2 Å². The highest BCUT2D eigenvalue weighted by molar-refractivity contribution is 9.10. The van der Waals surface area contributed by atoms with Crippen LogP contribution in [0.15, 0.2) is 22.7 Å². The zero-order valence-electron chi connectivity index (χ0n) is 12.5. The summed E-state index contributed by atoms with van der Waals surface area (Å²) < 4.78 is 11.6. The van der Waals surface area contributed by atoms with E-state index in [0.717, 1.165) is 22.9 Å². The molecule has 21 heavy (non-hydrogen) atoms. The van der Waals surface area contributed by atoms with E-state index in [0.29, 0.717) is 25.4 Å². The number of nitrogens with one attached hydrogen (secondary N) is 1. The number of hydrogen-bond acceptors (Lipinski definition) is 4. The fraction of sp³-hybridized carbons (Fsp3) is 0.533. The second-order valence-corrected chi connectivity index (χ2v) is 5.54. The first-order valence-corrected chi connectivity index (χ1v) is 7.79. The Morgan fingerprint density at radius 3 is 2.90 bits per heavy atom. The highest BCUT2D eigenvalue weighted by atomic mass is 79.9. The zero-order chi connectivity index (χ0) is 15.7. The van der Waals surface area contributed by atoms with Crippen LogP contribution in [0.3, 0.4) is 0 Å². The number of rotatable bonds is 9. The summed E-state index contributed by atoms with van der Waals surface area (Å²) in [6.45, 7) is 3.51. The van der Waals surface area contributed by atoms with Crippen LogP contribution in [-0.2, 0) is 16.0 Å². The summed E-state index contributed by atoms with van der Waals surface area (Å²) in [5.41, 5.74) is 6.64. The molecule has 0 bridgehead atoms. The van der Waals surface area contributed by atoms with Crippen molar-refractivity contribution >= 4 is 21.8 Å². The third-order valence-electron chi connectivity index (χ3n) is 2.94. The largest absolute Gasteiger partial charge is 0.481 e. The Bertz CT molecular complexity index is 455. The van der Waals surface area contributed by atoms with Gasteiger partial charge < -0.3 is 20.5 Å². The topological polar surface area (TPSA) is 73.6 Å². The van der Waals surface area contributed by atoms with E-state index in [1.807, 2.05) is 18.2 Å². The molecule has 3 N–H and O–H groups in total. The Balaban J connectivity index is 2.51. The van der Waals surface area contributed by atoms with E-state index in [1.54, 1.807) is 14.0 Å². The average Bonchev–Trinajstić information content (AvgIpc) is 2.47. The highest BCUT2D eigenvalue weighted by Crippen LogP contribution is 2.23. The van der Waals surface area contributed by atoms with Gasteiger partial charge in [-0.05, 0) is 50.1 Å². The van der Waals surface area contributed by atoms with Crippen molar-refractivity contribution in [2.45, 2.75) is 25.9 Å². The van der Waals surface area contributed by atoms with Gasteiger partial charge in [0.05, 0.1) is 0 Å². The molecule has 0 fully saturated rings. The van der Waals surface area contributed by atoms with Gasteiger partial charge in [-0.25, -0.2) is 0 Å². The SMILES string of the molecule is COCCCNC(=O)C(C)Oc1ccc(Br)c(CCN)c1. The van der Waals surface area contributed by atoms with E-state index in [1.165, 1.54) is 0 Å². The Kier molecular flexibility index (Phi) is 8.34. The summed E-state index contributed by atoms with van der Waals surface area (Å²) in [5, 5.41) is 2.82. The lowest BCUT2D eigenvalue weighted by molar-refractivity contribution is -0.127. The molecule has 1 unspecified atom stereocenters. The fourth-order valence-corrected chi connectivity index (χ4v) is 2.25. The normalized spacial score (nSPS) is 12.0. The van der Waals surface area contributed by atoms with Crippen LogP contribution < -0.4 is 15.8 Å². The smallest absolute Gasteiger partial charge is 0.260 e.